The summed E-state index contributed by atoms with van der Waals surface area (Å²) in [6.45, 7) is 2.62. The Morgan fingerprint density at radius 3 is 2.84 bits per heavy atom. The van der Waals surface area contributed by atoms with Gasteiger partial charge in [-0.3, -0.25) is 0 Å². The van der Waals surface area contributed by atoms with E-state index in [-0.39, 0.29) is 5.92 Å². The zero-order valence-corrected chi connectivity index (χ0v) is 11.0. The van der Waals surface area contributed by atoms with Crippen LogP contribution in [0.3, 0.4) is 0 Å². The Kier molecular flexibility index (Phi) is 3.26. The largest absolute Gasteiger partial charge is 0.493 e. The summed E-state index contributed by atoms with van der Waals surface area (Å²) >= 11 is 0. The van der Waals surface area contributed by atoms with Crippen molar-refractivity contribution in [3.8, 4) is 5.75 Å². The number of para-hydroxylation sites is 1. The predicted octanol–water partition coefficient (Wildman–Crippen LogP) is 3.28. The van der Waals surface area contributed by atoms with Crippen LogP contribution in [0.5, 0.6) is 5.75 Å². The highest BCUT2D eigenvalue weighted by atomic mass is 16.5. The van der Waals surface area contributed by atoms with Gasteiger partial charge in [0.1, 0.15) is 5.75 Å². The van der Waals surface area contributed by atoms with Gasteiger partial charge in [-0.05, 0) is 30.5 Å². The van der Waals surface area contributed by atoms with Crippen LogP contribution in [0.15, 0.2) is 48.5 Å². The number of rotatable bonds is 2. The Morgan fingerprint density at radius 2 is 2.00 bits per heavy atom. The molecule has 2 unspecified atom stereocenters. The summed E-state index contributed by atoms with van der Waals surface area (Å²) < 4.78 is 5.75. The van der Waals surface area contributed by atoms with Gasteiger partial charge in [0, 0.05) is 5.92 Å². The number of aliphatic hydroxyl groups excluding tert-OH is 1. The standard InChI is InChI=1S/C17H18O2/c1-12-5-4-7-14(9-12)17(18)15-10-13-6-2-3-8-16(13)19-11-15/h2-9,15,17-18H,10-11H2,1H3. The molecule has 0 aliphatic carbocycles. The van der Waals surface area contributed by atoms with Crippen LogP contribution >= 0.6 is 0 Å². The van der Waals surface area contributed by atoms with E-state index in [0.717, 1.165) is 17.7 Å². The maximum absolute atomic E-state index is 10.5. The molecule has 0 spiro atoms. The first-order chi connectivity index (χ1) is 9.24. The number of aliphatic hydroxyl groups is 1. The van der Waals surface area contributed by atoms with Crippen molar-refractivity contribution in [2.75, 3.05) is 6.61 Å². The van der Waals surface area contributed by atoms with Gasteiger partial charge in [0.15, 0.2) is 0 Å². The van der Waals surface area contributed by atoms with Crippen molar-refractivity contribution in [1.82, 2.24) is 0 Å². The second kappa shape index (κ2) is 5.06. The number of aryl methyl sites for hydroxylation is 1. The molecule has 0 fully saturated rings. The first kappa shape index (κ1) is 12.2. The normalized spacial score (nSPS) is 19.4. The van der Waals surface area contributed by atoms with E-state index in [1.807, 2.05) is 49.4 Å². The van der Waals surface area contributed by atoms with Gasteiger partial charge in [-0.25, -0.2) is 0 Å². The topological polar surface area (TPSA) is 29.5 Å². The second-order valence-electron chi connectivity index (χ2n) is 5.24. The molecule has 0 bridgehead atoms. The molecule has 0 aromatic heterocycles. The van der Waals surface area contributed by atoms with Crippen LogP contribution < -0.4 is 4.74 Å². The fourth-order valence-electron chi connectivity index (χ4n) is 2.68. The van der Waals surface area contributed by atoms with Crippen LogP contribution in [-0.4, -0.2) is 11.7 Å². The summed E-state index contributed by atoms with van der Waals surface area (Å²) in [5.74, 6) is 1.08. The van der Waals surface area contributed by atoms with Crippen molar-refractivity contribution >= 4 is 0 Å². The maximum Gasteiger partial charge on any atom is 0.122 e. The van der Waals surface area contributed by atoms with Gasteiger partial charge in [0.05, 0.1) is 12.7 Å². The molecule has 2 nitrogen and oxygen atoms in total. The summed E-state index contributed by atoms with van der Waals surface area (Å²) in [4.78, 5) is 0. The molecule has 0 saturated carbocycles. The second-order valence-corrected chi connectivity index (χ2v) is 5.24. The number of hydrogen-bond donors (Lipinski definition) is 1. The number of ether oxygens (including phenoxy) is 1. The Bertz CT molecular complexity index is 577. The summed E-state index contributed by atoms with van der Waals surface area (Å²) in [5, 5.41) is 10.5. The fraction of sp³-hybridized carbons (Fsp3) is 0.294. The highest BCUT2D eigenvalue weighted by molar-refractivity contribution is 5.36. The van der Waals surface area contributed by atoms with Gasteiger partial charge in [-0.1, -0.05) is 48.0 Å². The summed E-state index contributed by atoms with van der Waals surface area (Å²) in [6.07, 6.45) is 0.402. The minimum atomic E-state index is -0.465. The summed E-state index contributed by atoms with van der Waals surface area (Å²) in [5.41, 5.74) is 3.34. The third-order valence-electron chi connectivity index (χ3n) is 3.74. The summed E-state index contributed by atoms with van der Waals surface area (Å²) in [7, 11) is 0. The lowest BCUT2D eigenvalue weighted by Crippen LogP contribution is -2.26. The molecule has 2 atom stereocenters. The van der Waals surface area contributed by atoms with Gasteiger partial charge in [0.2, 0.25) is 0 Å². The van der Waals surface area contributed by atoms with Crippen LogP contribution in [0.2, 0.25) is 0 Å². The lowest BCUT2D eigenvalue weighted by molar-refractivity contribution is 0.0644. The van der Waals surface area contributed by atoms with Gasteiger partial charge < -0.3 is 9.84 Å². The van der Waals surface area contributed by atoms with Crippen molar-refractivity contribution < 1.29 is 9.84 Å². The Labute approximate surface area is 113 Å². The lowest BCUT2D eigenvalue weighted by atomic mass is 9.88. The number of hydrogen-bond acceptors (Lipinski definition) is 2. The van der Waals surface area contributed by atoms with Crippen LogP contribution in [0.1, 0.15) is 22.8 Å². The SMILES string of the molecule is Cc1cccc(C(O)C2COc3ccccc3C2)c1. The molecule has 1 N–H and O–H groups in total. The minimum absolute atomic E-state index is 0.122. The Balaban J connectivity index is 1.81. The van der Waals surface area contributed by atoms with Crippen LogP contribution in [-0.2, 0) is 6.42 Å². The smallest absolute Gasteiger partial charge is 0.122 e. The first-order valence-corrected chi connectivity index (χ1v) is 6.69. The minimum Gasteiger partial charge on any atom is -0.493 e. The van der Waals surface area contributed by atoms with Gasteiger partial charge in [-0.2, -0.15) is 0 Å². The molecule has 1 aliphatic heterocycles. The molecule has 2 heteroatoms. The third kappa shape index (κ3) is 2.49. The third-order valence-corrected chi connectivity index (χ3v) is 3.74. The molecule has 98 valence electrons. The van der Waals surface area contributed by atoms with Crippen molar-refractivity contribution in [3.63, 3.8) is 0 Å². The lowest BCUT2D eigenvalue weighted by Gasteiger charge is -2.29. The predicted molar refractivity (Wildman–Crippen MR) is 75.3 cm³/mol. The van der Waals surface area contributed by atoms with E-state index < -0.39 is 6.10 Å². The highest BCUT2D eigenvalue weighted by Gasteiger charge is 2.26. The molecule has 0 radical (unpaired) electrons. The van der Waals surface area contributed by atoms with Crippen LogP contribution in [0, 0.1) is 12.8 Å². The van der Waals surface area contributed by atoms with E-state index in [2.05, 4.69) is 6.07 Å². The van der Waals surface area contributed by atoms with Crippen LogP contribution in [0.4, 0.5) is 0 Å². The van der Waals surface area contributed by atoms with E-state index in [1.165, 1.54) is 11.1 Å². The van der Waals surface area contributed by atoms with Crippen molar-refractivity contribution in [2.45, 2.75) is 19.4 Å². The van der Waals surface area contributed by atoms with Crippen molar-refractivity contribution in [2.24, 2.45) is 5.92 Å². The molecule has 2 aromatic rings. The molecular formula is C17H18O2. The maximum atomic E-state index is 10.5. The Hall–Kier alpha value is -1.80. The van der Waals surface area contributed by atoms with E-state index in [0.29, 0.717) is 6.61 Å². The quantitative estimate of drug-likeness (QED) is 0.891. The average molecular weight is 254 g/mol. The van der Waals surface area contributed by atoms with E-state index in [9.17, 15) is 5.11 Å². The summed E-state index contributed by atoms with van der Waals surface area (Å²) in [6, 6.07) is 16.1. The molecule has 19 heavy (non-hydrogen) atoms. The zero-order chi connectivity index (χ0) is 13.2. The average Bonchev–Trinajstić information content (AvgIpc) is 2.46. The first-order valence-electron chi connectivity index (χ1n) is 6.69. The molecule has 0 saturated heterocycles. The Morgan fingerprint density at radius 1 is 1.16 bits per heavy atom. The number of fused-ring (bicyclic) bond motifs is 1. The van der Waals surface area contributed by atoms with Crippen molar-refractivity contribution in [1.29, 1.82) is 0 Å². The van der Waals surface area contributed by atoms with E-state index in [4.69, 9.17) is 4.74 Å². The molecular weight excluding hydrogens is 236 g/mol. The van der Waals surface area contributed by atoms with Crippen LogP contribution in [0.25, 0.3) is 0 Å². The van der Waals surface area contributed by atoms with E-state index in [1.54, 1.807) is 0 Å². The van der Waals surface area contributed by atoms with Crippen molar-refractivity contribution in [3.05, 3.63) is 65.2 Å². The van der Waals surface area contributed by atoms with Gasteiger partial charge in [0.25, 0.3) is 0 Å². The van der Waals surface area contributed by atoms with Gasteiger partial charge >= 0.3 is 0 Å². The monoisotopic (exact) mass is 254 g/mol. The molecule has 2 aromatic carbocycles. The van der Waals surface area contributed by atoms with E-state index >= 15 is 0 Å². The molecule has 0 amide bonds. The molecule has 3 rings (SSSR count). The fourth-order valence-corrected chi connectivity index (χ4v) is 2.68. The molecule has 1 aliphatic rings. The van der Waals surface area contributed by atoms with Gasteiger partial charge in [-0.15, -0.1) is 0 Å². The zero-order valence-electron chi connectivity index (χ0n) is 11.0. The number of benzene rings is 2. The highest BCUT2D eigenvalue weighted by Crippen LogP contribution is 2.33. The molecule has 1 heterocycles.